The summed E-state index contributed by atoms with van der Waals surface area (Å²) in [5.41, 5.74) is 1.03. The van der Waals surface area contributed by atoms with Crippen LogP contribution < -0.4 is 4.74 Å². The van der Waals surface area contributed by atoms with Crippen LogP contribution in [-0.4, -0.2) is 21.7 Å². The number of nitrogens with zero attached hydrogens (tertiary/aromatic N) is 1. The van der Waals surface area contributed by atoms with Crippen LogP contribution in [-0.2, 0) is 22.7 Å². The van der Waals surface area contributed by atoms with Crippen LogP contribution in [0.2, 0.25) is 0 Å². The first-order chi connectivity index (χ1) is 15.8. The number of carbonyl (C=O) groups is 2. The Morgan fingerprint density at radius 3 is 2.48 bits per heavy atom. The molecule has 2 aromatic carbocycles. The number of hydrogen-bond acceptors (Lipinski definition) is 5. The van der Waals surface area contributed by atoms with Gasteiger partial charge < -0.3 is 19.2 Å². The van der Waals surface area contributed by atoms with Gasteiger partial charge in [0.25, 0.3) is 5.91 Å². The fourth-order valence-electron chi connectivity index (χ4n) is 3.88. The molecule has 1 unspecified atom stereocenters. The van der Waals surface area contributed by atoms with Gasteiger partial charge in [0.1, 0.15) is 18.1 Å². The van der Waals surface area contributed by atoms with Crippen molar-refractivity contribution in [2.75, 3.05) is 0 Å². The molecular weight excluding hydrogens is 418 g/mol. The molecule has 0 saturated carbocycles. The van der Waals surface area contributed by atoms with Gasteiger partial charge in [0.2, 0.25) is 0 Å². The Hall–Kier alpha value is -3.80. The fourth-order valence-corrected chi connectivity index (χ4v) is 3.88. The van der Waals surface area contributed by atoms with Gasteiger partial charge in [-0.2, -0.15) is 0 Å². The van der Waals surface area contributed by atoms with Crippen LogP contribution in [0.25, 0.3) is 0 Å². The summed E-state index contributed by atoms with van der Waals surface area (Å²) in [6, 6.07) is 19.8. The van der Waals surface area contributed by atoms with Gasteiger partial charge in [-0.3, -0.25) is 9.59 Å². The van der Waals surface area contributed by atoms with Gasteiger partial charge in [-0.25, -0.2) is 0 Å². The van der Waals surface area contributed by atoms with Gasteiger partial charge in [-0.1, -0.05) is 63.2 Å². The van der Waals surface area contributed by atoms with E-state index in [0.29, 0.717) is 23.7 Å². The van der Waals surface area contributed by atoms with Crippen molar-refractivity contribution in [1.29, 1.82) is 0 Å². The van der Waals surface area contributed by atoms with Crippen LogP contribution in [0.4, 0.5) is 0 Å². The number of ether oxygens (including phenoxy) is 1. The molecule has 33 heavy (non-hydrogen) atoms. The number of hydrogen-bond donors (Lipinski definition) is 1. The number of aliphatic hydroxyl groups is 1. The second-order valence-electron chi connectivity index (χ2n) is 9.10. The van der Waals surface area contributed by atoms with E-state index in [0.717, 1.165) is 5.56 Å². The second-order valence-corrected chi connectivity index (χ2v) is 9.10. The molecule has 2 heterocycles. The molecule has 4 rings (SSSR count). The molecule has 6 heteroatoms. The summed E-state index contributed by atoms with van der Waals surface area (Å²) in [7, 11) is 0. The van der Waals surface area contributed by atoms with E-state index in [9.17, 15) is 14.7 Å². The third kappa shape index (κ3) is 4.70. The summed E-state index contributed by atoms with van der Waals surface area (Å²) in [6.07, 6.45) is 1.53. The summed E-state index contributed by atoms with van der Waals surface area (Å²) < 4.78 is 11.4. The maximum absolute atomic E-state index is 13.3. The summed E-state index contributed by atoms with van der Waals surface area (Å²) in [4.78, 5) is 27.8. The van der Waals surface area contributed by atoms with E-state index < -0.39 is 23.1 Å². The van der Waals surface area contributed by atoms with E-state index in [-0.39, 0.29) is 17.9 Å². The second kappa shape index (κ2) is 8.98. The molecule has 1 atom stereocenters. The smallest absolute Gasteiger partial charge is 0.290 e. The molecule has 1 amide bonds. The van der Waals surface area contributed by atoms with Gasteiger partial charge in [-0.15, -0.1) is 0 Å². The molecule has 0 radical (unpaired) electrons. The normalized spacial score (nSPS) is 16.4. The lowest BCUT2D eigenvalue weighted by atomic mass is 9.82. The Labute approximate surface area is 193 Å². The van der Waals surface area contributed by atoms with E-state index in [4.69, 9.17) is 9.15 Å². The first-order valence-electron chi connectivity index (χ1n) is 10.8. The molecule has 0 bridgehead atoms. The minimum atomic E-state index is -0.774. The lowest BCUT2D eigenvalue weighted by Gasteiger charge is -2.28. The lowest BCUT2D eigenvalue weighted by molar-refractivity contribution is -0.130. The fraction of sp³-hybridized carbons (Fsp3) is 0.259. The van der Waals surface area contributed by atoms with Crippen LogP contribution in [0.15, 0.2) is 88.7 Å². The van der Waals surface area contributed by atoms with Crippen molar-refractivity contribution < 1.29 is 23.8 Å². The molecule has 0 saturated heterocycles. The highest BCUT2D eigenvalue weighted by Crippen LogP contribution is 2.42. The Morgan fingerprint density at radius 2 is 1.82 bits per heavy atom. The van der Waals surface area contributed by atoms with Crippen molar-refractivity contribution in [3.8, 4) is 5.75 Å². The zero-order valence-corrected chi connectivity index (χ0v) is 18.9. The van der Waals surface area contributed by atoms with Crippen molar-refractivity contribution >= 4 is 11.7 Å². The van der Waals surface area contributed by atoms with Gasteiger partial charge in [0.15, 0.2) is 11.5 Å². The third-order valence-electron chi connectivity index (χ3n) is 5.56. The predicted molar refractivity (Wildman–Crippen MR) is 123 cm³/mol. The van der Waals surface area contributed by atoms with Crippen molar-refractivity contribution in [3.63, 3.8) is 0 Å². The monoisotopic (exact) mass is 445 g/mol. The number of benzene rings is 2. The lowest BCUT2D eigenvalue weighted by Crippen LogP contribution is -2.32. The van der Waals surface area contributed by atoms with Gasteiger partial charge >= 0.3 is 0 Å². The molecular formula is C27H27NO5. The number of Topliss-reactive ketones (excluding diaryl/α,β-unsaturated/α-hetero) is 1. The molecule has 0 fully saturated rings. The van der Waals surface area contributed by atoms with Crippen LogP contribution in [0.5, 0.6) is 5.75 Å². The minimum Gasteiger partial charge on any atom is -0.503 e. The van der Waals surface area contributed by atoms with Gasteiger partial charge in [-0.05, 0) is 35.4 Å². The van der Waals surface area contributed by atoms with Crippen molar-refractivity contribution in [2.45, 2.75) is 40.0 Å². The highest BCUT2D eigenvalue weighted by Gasteiger charge is 2.46. The van der Waals surface area contributed by atoms with Crippen LogP contribution >= 0.6 is 0 Å². The first kappa shape index (κ1) is 22.4. The molecule has 1 N–H and O–H groups in total. The van der Waals surface area contributed by atoms with E-state index in [2.05, 4.69) is 0 Å². The van der Waals surface area contributed by atoms with E-state index in [1.165, 1.54) is 11.2 Å². The summed E-state index contributed by atoms with van der Waals surface area (Å²) in [6.45, 7) is 5.82. The Balaban J connectivity index is 1.70. The van der Waals surface area contributed by atoms with Crippen molar-refractivity contribution in [3.05, 3.63) is 101 Å². The third-order valence-corrected chi connectivity index (χ3v) is 5.56. The number of rotatable bonds is 7. The Bertz CT molecular complexity index is 1170. The number of amides is 1. The van der Waals surface area contributed by atoms with Crippen molar-refractivity contribution in [1.82, 2.24) is 4.90 Å². The van der Waals surface area contributed by atoms with E-state index in [1.807, 2.05) is 54.6 Å². The molecule has 0 spiro atoms. The van der Waals surface area contributed by atoms with Gasteiger partial charge in [0, 0.05) is 5.41 Å². The molecule has 3 aromatic rings. The SMILES string of the molecule is CC(C)(C)C(=O)C1=C(O)C(=O)N(Cc2ccco2)C1c1cccc(OCc2ccccc2)c1. The Kier molecular flexibility index (Phi) is 6.09. The topological polar surface area (TPSA) is 80.0 Å². The number of carbonyl (C=O) groups excluding carboxylic acids is 2. The summed E-state index contributed by atoms with van der Waals surface area (Å²) in [5, 5.41) is 10.7. The largest absolute Gasteiger partial charge is 0.503 e. The quantitative estimate of drug-likeness (QED) is 0.529. The average Bonchev–Trinajstić information content (AvgIpc) is 3.40. The summed E-state index contributed by atoms with van der Waals surface area (Å²) >= 11 is 0. The predicted octanol–water partition coefficient (Wildman–Crippen LogP) is 5.37. The van der Waals surface area contributed by atoms with Crippen LogP contribution in [0.1, 0.15) is 43.7 Å². The van der Waals surface area contributed by atoms with E-state index >= 15 is 0 Å². The molecule has 1 aliphatic rings. The minimum absolute atomic E-state index is 0.0965. The molecule has 1 aliphatic heterocycles. The number of furan rings is 1. The highest BCUT2D eigenvalue weighted by molar-refractivity contribution is 6.10. The molecule has 1 aromatic heterocycles. The zero-order chi connectivity index (χ0) is 23.6. The zero-order valence-electron chi connectivity index (χ0n) is 18.9. The molecule has 0 aliphatic carbocycles. The maximum atomic E-state index is 13.3. The number of aliphatic hydroxyl groups excluding tert-OH is 1. The maximum Gasteiger partial charge on any atom is 0.290 e. The van der Waals surface area contributed by atoms with Gasteiger partial charge in [0.05, 0.1) is 24.4 Å². The molecule has 6 nitrogen and oxygen atoms in total. The van der Waals surface area contributed by atoms with Crippen molar-refractivity contribution in [2.24, 2.45) is 5.41 Å². The standard InChI is InChI=1S/C27H27NO5/c1-27(2,3)25(30)22-23(28(26(31)24(22)29)16-21-13-8-14-32-21)19-11-7-12-20(15-19)33-17-18-9-5-4-6-10-18/h4-15,23,29H,16-17H2,1-3H3. The Morgan fingerprint density at radius 1 is 1.06 bits per heavy atom. The summed E-state index contributed by atoms with van der Waals surface area (Å²) in [5.74, 6) is -0.226. The number of ketones is 1. The van der Waals surface area contributed by atoms with Crippen LogP contribution in [0.3, 0.4) is 0 Å². The van der Waals surface area contributed by atoms with Crippen LogP contribution in [0, 0.1) is 5.41 Å². The first-order valence-corrected chi connectivity index (χ1v) is 10.8. The highest BCUT2D eigenvalue weighted by atomic mass is 16.5. The average molecular weight is 446 g/mol. The van der Waals surface area contributed by atoms with E-state index in [1.54, 1.807) is 32.9 Å². The molecule has 170 valence electrons.